The van der Waals surface area contributed by atoms with E-state index >= 15 is 0 Å². The van der Waals surface area contributed by atoms with Crippen LogP contribution in [0.5, 0.6) is 0 Å². The first-order chi connectivity index (χ1) is 8.08. The van der Waals surface area contributed by atoms with Gasteiger partial charge in [-0.15, -0.1) is 0 Å². The van der Waals surface area contributed by atoms with Gasteiger partial charge in [0.05, 0.1) is 0 Å². The molecule has 0 atom stereocenters. The predicted molar refractivity (Wildman–Crippen MR) is 59.9 cm³/mol. The Bertz CT molecular complexity index is 306. The third-order valence-electron chi connectivity index (χ3n) is 2.10. The first kappa shape index (κ1) is 13.0. The molecule has 1 aliphatic heterocycles. The number of nitrogens with one attached hydrogen (secondary N) is 2. The van der Waals surface area contributed by atoms with Crippen LogP contribution < -0.4 is 11.1 Å². The number of hydrogen-bond donors (Lipinski definition) is 4. The molecular formula is C8H17N7O2. The van der Waals surface area contributed by atoms with Crippen molar-refractivity contribution in [2.75, 3.05) is 26.3 Å². The third-order valence-corrected chi connectivity index (χ3v) is 2.10. The van der Waals surface area contributed by atoms with Gasteiger partial charge in [0, 0.05) is 13.1 Å². The van der Waals surface area contributed by atoms with E-state index in [-0.39, 0.29) is 12.5 Å². The highest BCUT2D eigenvalue weighted by Crippen LogP contribution is 2.07. The molecule has 0 radical (unpaired) electrons. The van der Waals surface area contributed by atoms with E-state index in [2.05, 4.69) is 15.8 Å². The molecular weight excluding hydrogens is 226 g/mol. The summed E-state index contributed by atoms with van der Waals surface area (Å²) >= 11 is 0. The average Bonchev–Trinajstić information content (AvgIpc) is 2.63. The smallest absolute Gasteiger partial charge is 0.325 e. The molecule has 0 aliphatic carbocycles. The van der Waals surface area contributed by atoms with Gasteiger partial charge in [0.1, 0.15) is 13.2 Å². The second-order valence-electron chi connectivity index (χ2n) is 3.66. The van der Waals surface area contributed by atoms with Crippen LogP contribution in [0, 0.1) is 5.41 Å². The van der Waals surface area contributed by atoms with Crippen LogP contribution in [0.15, 0.2) is 10.4 Å². The first-order valence-electron chi connectivity index (χ1n) is 5.29. The van der Waals surface area contributed by atoms with Gasteiger partial charge < -0.3 is 16.2 Å². The van der Waals surface area contributed by atoms with E-state index in [1.165, 1.54) is 5.01 Å². The molecule has 9 heteroatoms. The Morgan fingerprint density at radius 1 is 1.41 bits per heavy atom. The number of carboxylic acids is 1. The zero-order valence-corrected chi connectivity index (χ0v) is 9.46. The monoisotopic (exact) mass is 243 g/mol. The maximum absolute atomic E-state index is 10.4. The van der Waals surface area contributed by atoms with Crippen LogP contribution in [-0.2, 0) is 4.79 Å². The Hall–Kier alpha value is -2.06. The molecule has 0 aromatic heterocycles. The van der Waals surface area contributed by atoms with Crippen LogP contribution >= 0.6 is 0 Å². The van der Waals surface area contributed by atoms with E-state index in [9.17, 15) is 4.79 Å². The summed E-state index contributed by atoms with van der Waals surface area (Å²) in [6, 6.07) is 0. The summed E-state index contributed by atoms with van der Waals surface area (Å²) in [6.07, 6.45) is 1.74. The minimum absolute atomic E-state index is 0.0292. The third kappa shape index (κ3) is 5.54. The molecule has 1 heterocycles. The summed E-state index contributed by atoms with van der Waals surface area (Å²) in [5, 5.41) is 28.9. The highest BCUT2D eigenvalue weighted by molar-refractivity contribution is 5.74. The molecule has 0 aromatic carbocycles. The summed E-state index contributed by atoms with van der Waals surface area (Å²) in [6.45, 7) is 1.64. The number of carbonyl (C=O) groups is 1. The Balaban J connectivity index is 2.05. The highest BCUT2D eigenvalue weighted by Gasteiger charge is 2.16. The molecule has 0 fully saturated rings. The lowest BCUT2D eigenvalue weighted by molar-refractivity contribution is -0.138. The molecule has 0 unspecified atom stereocenters. The van der Waals surface area contributed by atoms with Gasteiger partial charge in [-0.1, -0.05) is 10.4 Å². The molecule has 17 heavy (non-hydrogen) atoms. The Morgan fingerprint density at radius 3 is 2.76 bits per heavy atom. The zero-order chi connectivity index (χ0) is 12.7. The topological polar surface area (TPSA) is 130 Å². The molecule has 5 N–H and O–H groups in total. The van der Waals surface area contributed by atoms with Gasteiger partial charge in [0.25, 0.3) is 0 Å². The number of aliphatic carboxylic acids is 1. The van der Waals surface area contributed by atoms with Crippen molar-refractivity contribution in [3.05, 3.63) is 0 Å². The quantitative estimate of drug-likeness (QED) is 0.263. The number of unbranched alkanes of at least 4 members (excludes halogenated alkanes) is 1. The van der Waals surface area contributed by atoms with Crippen molar-refractivity contribution < 1.29 is 9.90 Å². The number of guanidine groups is 1. The van der Waals surface area contributed by atoms with E-state index in [0.717, 1.165) is 12.8 Å². The molecule has 0 aromatic rings. The van der Waals surface area contributed by atoms with Crippen LogP contribution in [0.25, 0.3) is 0 Å². The van der Waals surface area contributed by atoms with Crippen molar-refractivity contribution in [2.24, 2.45) is 16.2 Å². The minimum atomic E-state index is -0.920. The predicted octanol–water partition coefficient (Wildman–Crippen LogP) is -0.808. The van der Waals surface area contributed by atoms with Crippen LogP contribution in [0.2, 0.25) is 0 Å². The lowest BCUT2D eigenvalue weighted by Crippen LogP contribution is -2.32. The van der Waals surface area contributed by atoms with Gasteiger partial charge in [-0.2, -0.15) is 0 Å². The number of carboxylic acid groups (broad SMARTS) is 1. The molecule has 0 spiro atoms. The summed E-state index contributed by atoms with van der Waals surface area (Å²) in [5.41, 5.74) is 5.13. The van der Waals surface area contributed by atoms with E-state index in [4.69, 9.17) is 16.2 Å². The second-order valence-corrected chi connectivity index (χ2v) is 3.66. The fourth-order valence-corrected chi connectivity index (χ4v) is 1.35. The van der Waals surface area contributed by atoms with Crippen LogP contribution in [0.1, 0.15) is 12.8 Å². The van der Waals surface area contributed by atoms with Crippen molar-refractivity contribution in [3.63, 3.8) is 0 Å². The highest BCUT2D eigenvalue weighted by atomic mass is 16.4. The van der Waals surface area contributed by atoms with Gasteiger partial charge >= 0.3 is 5.97 Å². The Morgan fingerprint density at radius 2 is 2.12 bits per heavy atom. The van der Waals surface area contributed by atoms with Gasteiger partial charge in [-0.05, 0) is 12.8 Å². The number of hydrogen-bond acceptors (Lipinski definition) is 6. The molecule has 1 rings (SSSR count). The Labute approximate surface area is 98.7 Å². The van der Waals surface area contributed by atoms with Gasteiger partial charge in [0.2, 0.25) is 0 Å². The maximum Gasteiger partial charge on any atom is 0.325 e. The number of nitrogens with zero attached hydrogens (tertiary/aromatic N) is 4. The summed E-state index contributed by atoms with van der Waals surface area (Å²) in [4.78, 5) is 10.4. The van der Waals surface area contributed by atoms with Crippen molar-refractivity contribution in [3.8, 4) is 0 Å². The maximum atomic E-state index is 10.4. The van der Waals surface area contributed by atoms with Crippen molar-refractivity contribution >= 4 is 11.9 Å². The van der Waals surface area contributed by atoms with Gasteiger partial charge in [-0.3, -0.25) is 15.2 Å². The average molecular weight is 243 g/mol. The van der Waals surface area contributed by atoms with Crippen molar-refractivity contribution in [1.29, 1.82) is 5.41 Å². The fourth-order valence-electron chi connectivity index (χ4n) is 1.35. The van der Waals surface area contributed by atoms with Crippen LogP contribution in [0.3, 0.4) is 0 Å². The van der Waals surface area contributed by atoms with Crippen LogP contribution in [0.4, 0.5) is 0 Å². The molecule has 0 amide bonds. The largest absolute Gasteiger partial charge is 0.480 e. The van der Waals surface area contributed by atoms with E-state index in [0.29, 0.717) is 19.8 Å². The molecule has 1 aliphatic rings. The summed E-state index contributed by atoms with van der Waals surface area (Å²) in [7, 11) is 0. The van der Waals surface area contributed by atoms with Crippen molar-refractivity contribution in [1.82, 2.24) is 15.3 Å². The summed E-state index contributed by atoms with van der Waals surface area (Å²) < 4.78 is 0. The van der Waals surface area contributed by atoms with E-state index in [1.807, 2.05) is 0 Å². The second kappa shape index (κ2) is 6.51. The van der Waals surface area contributed by atoms with Crippen molar-refractivity contribution in [2.45, 2.75) is 12.8 Å². The van der Waals surface area contributed by atoms with Crippen LogP contribution in [-0.4, -0.2) is 53.4 Å². The zero-order valence-electron chi connectivity index (χ0n) is 9.46. The van der Waals surface area contributed by atoms with E-state index in [1.54, 1.807) is 5.01 Å². The fraction of sp³-hybridized carbons (Fsp3) is 0.750. The first-order valence-corrected chi connectivity index (χ1v) is 5.29. The summed E-state index contributed by atoms with van der Waals surface area (Å²) in [5.74, 6) is -0.949. The molecule has 9 nitrogen and oxygen atoms in total. The molecule has 0 bridgehead atoms. The SMILES string of the molecule is N=C(N)NCCCCN1CN(CC(=O)O)N=N1. The minimum Gasteiger partial charge on any atom is -0.480 e. The van der Waals surface area contributed by atoms with Gasteiger partial charge in [0.15, 0.2) is 5.96 Å². The molecule has 0 saturated carbocycles. The lowest BCUT2D eigenvalue weighted by atomic mass is 10.3. The van der Waals surface area contributed by atoms with E-state index < -0.39 is 5.97 Å². The lowest BCUT2D eigenvalue weighted by Gasteiger charge is -2.14. The normalized spacial score (nSPS) is 14.1. The standard InChI is InChI=1S/C8H17N7O2/c9-8(10)11-3-1-2-4-14-6-15(13-12-14)5-7(16)17/h1-6H2,(H,16,17)(H4,9,10,11). The van der Waals surface area contributed by atoms with Gasteiger partial charge in [-0.25, -0.2) is 5.01 Å². The molecule has 96 valence electrons. The number of rotatable bonds is 7. The molecule has 0 saturated heterocycles. The number of nitrogens with two attached hydrogens (primary N) is 1. The Kier molecular flexibility index (Phi) is 4.98.